The maximum Gasteiger partial charge on any atom is 0.335 e. The van der Waals surface area contributed by atoms with Gasteiger partial charge >= 0.3 is 5.97 Å². The number of benzene rings is 1. The lowest BCUT2D eigenvalue weighted by Gasteiger charge is -2.18. The van der Waals surface area contributed by atoms with Crippen LogP contribution in [0.5, 0.6) is 5.75 Å². The minimum Gasteiger partial charge on any atom is -0.492 e. The molecule has 102 valence electrons. The summed E-state index contributed by atoms with van der Waals surface area (Å²) in [5.41, 5.74) is 0.228. The molecule has 0 amide bonds. The largest absolute Gasteiger partial charge is 0.492 e. The molecule has 0 radical (unpaired) electrons. The monoisotopic (exact) mass is 261 g/mol. The number of hydrogen-bond acceptors (Lipinski definition) is 3. The second-order valence-electron chi connectivity index (χ2n) is 4.02. The molecule has 1 aromatic carbocycles. The summed E-state index contributed by atoms with van der Waals surface area (Å²) in [5.74, 6) is -0.387. The number of nitrogens with zero attached hydrogens (tertiary/aromatic N) is 1. The molecule has 0 saturated heterocycles. The van der Waals surface area contributed by atoms with E-state index in [-0.39, 0.29) is 5.56 Å². The predicted octanol–water partition coefficient (Wildman–Crippen LogP) is 2.44. The van der Waals surface area contributed by atoms with E-state index in [0.29, 0.717) is 12.4 Å². The van der Waals surface area contributed by atoms with Crippen LogP contribution >= 0.6 is 0 Å². The predicted molar refractivity (Wildman–Crippen MR) is 75.7 cm³/mol. The Kier molecular flexibility index (Phi) is 6.39. The van der Waals surface area contributed by atoms with E-state index < -0.39 is 5.97 Å². The average molecular weight is 261 g/mol. The summed E-state index contributed by atoms with van der Waals surface area (Å²) in [4.78, 5) is 12.9. The highest BCUT2D eigenvalue weighted by molar-refractivity contribution is 5.87. The van der Waals surface area contributed by atoms with Gasteiger partial charge in [-0.1, -0.05) is 18.2 Å². The van der Waals surface area contributed by atoms with E-state index in [4.69, 9.17) is 9.84 Å². The van der Waals surface area contributed by atoms with Gasteiger partial charge in [-0.2, -0.15) is 0 Å². The summed E-state index contributed by atoms with van der Waals surface area (Å²) in [6.45, 7) is 10.2. The summed E-state index contributed by atoms with van der Waals surface area (Å²) in [5, 5.41) is 8.88. The first-order valence-corrected chi connectivity index (χ1v) is 6.07. The van der Waals surface area contributed by atoms with Crippen LogP contribution in [0.15, 0.2) is 49.6 Å². The van der Waals surface area contributed by atoms with Gasteiger partial charge in [0.05, 0.1) is 5.56 Å². The molecule has 0 saturated carbocycles. The standard InChI is InChI=1S/C15H19NO3/c1-3-8-16(9-4-2)10-11-19-14-7-5-6-13(12-14)15(17)18/h3-7,12H,1-2,8-11H2,(H,17,18). The number of carboxylic acid groups (broad SMARTS) is 1. The van der Waals surface area contributed by atoms with Crippen molar-refractivity contribution in [3.63, 3.8) is 0 Å². The van der Waals surface area contributed by atoms with Crippen LogP contribution in [-0.2, 0) is 0 Å². The summed E-state index contributed by atoms with van der Waals surface area (Å²) in [7, 11) is 0. The van der Waals surface area contributed by atoms with E-state index in [1.165, 1.54) is 12.1 Å². The highest BCUT2D eigenvalue weighted by Crippen LogP contribution is 2.13. The minimum atomic E-state index is -0.953. The molecule has 0 aromatic heterocycles. The summed E-state index contributed by atoms with van der Waals surface area (Å²) in [6.07, 6.45) is 3.66. The first-order chi connectivity index (χ1) is 9.17. The van der Waals surface area contributed by atoms with Crippen molar-refractivity contribution in [1.29, 1.82) is 0 Å². The van der Waals surface area contributed by atoms with E-state index in [0.717, 1.165) is 19.6 Å². The molecule has 1 aromatic rings. The van der Waals surface area contributed by atoms with E-state index in [1.807, 2.05) is 12.2 Å². The molecule has 4 heteroatoms. The number of hydrogen-bond donors (Lipinski definition) is 1. The Bertz CT molecular complexity index is 433. The zero-order valence-electron chi connectivity index (χ0n) is 10.9. The van der Waals surface area contributed by atoms with Gasteiger partial charge in [-0.3, -0.25) is 4.90 Å². The first-order valence-electron chi connectivity index (χ1n) is 6.07. The van der Waals surface area contributed by atoms with Gasteiger partial charge in [0, 0.05) is 19.6 Å². The molecular formula is C15H19NO3. The molecule has 0 aliphatic rings. The third-order valence-corrected chi connectivity index (χ3v) is 2.53. The van der Waals surface area contributed by atoms with Gasteiger partial charge in [-0.25, -0.2) is 4.79 Å². The van der Waals surface area contributed by atoms with Gasteiger partial charge < -0.3 is 9.84 Å². The lowest BCUT2D eigenvalue weighted by atomic mass is 10.2. The van der Waals surface area contributed by atoms with Crippen LogP contribution < -0.4 is 4.74 Å². The van der Waals surface area contributed by atoms with Gasteiger partial charge in [-0.15, -0.1) is 13.2 Å². The van der Waals surface area contributed by atoms with Crippen LogP contribution in [0, 0.1) is 0 Å². The summed E-state index contributed by atoms with van der Waals surface area (Å²) < 4.78 is 5.55. The van der Waals surface area contributed by atoms with Gasteiger partial charge in [0.25, 0.3) is 0 Å². The normalized spacial score (nSPS) is 10.2. The third kappa shape index (κ3) is 5.40. The fraction of sp³-hybridized carbons (Fsp3) is 0.267. The first kappa shape index (κ1) is 15.0. The van der Waals surface area contributed by atoms with E-state index in [1.54, 1.807) is 12.1 Å². The van der Waals surface area contributed by atoms with Crippen LogP contribution in [0.3, 0.4) is 0 Å². The molecular weight excluding hydrogens is 242 g/mol. The van der Waals surface area contributed by atoms with Crippen LogP contribution in [0.2, 0.25) is 0 Å². The molecule has 0 spiro atoms. The third-order valence-electron chi connectivity index (χ3n) is 2.53. The average Bonchev–Trinajstić information content (AvgIpc) is 2.39. The van der Waals surface area contributed by atoms with Crippen molar-refractivity contribution in [1.82, 2.24) is 4.90 Å². The van der Waals surface area contributed by atoms with Crippen molar-refractivity contribution < 1.29 is 14.6 Å². The fourth-order valence-electron chi connectivity index (χ4n) is 1.63. The molecule has 0 aliphatic carbocycles. The van der Waals surface area contributed by atoms with Crippen molar-refractivity contribution >= 4 is 5.97 Å². The number of rotatable bonds is 9. The summed E-state index contributed by atoms with van der Waals surface area (Å²) >= 11 is 0. The summed E-state index contributed by atoms with van der Waals surface area (Å²) in [6, 6.07) is 6.48. The maximum atomic E-state index is 10.8. The molecule has 1 N–H and O–H groups in total. The van der Waals surface area contributed by atoms with Crippen molar-refractivity contribution in [2.45, 2.75) is 0 Å². The lowest BCUT2D eigenvalue weighted by Crippen LogP contribution is -2.28. The zero-order chi connectivity index (χ0) is 14.1. The van der Waals surface area contributed by atoms with Gasteiger partial charge in [0.2, 0.25) is 0 Å². The minimum absolute atomic E-state index is 0.228. The molecule has 1 rings (SSSR count). The number of ether oxygens (including phenoxy) is 1. The molecule has 0 atom stereocenters. The SMILES string of the molecule is C=CCN(CC=C)CCOc1cccc(C(=O)O)c1. The number of carbonyl (C=O) groups is 1. The van der Waals surface area contributed by atoms with Gasteiger partial charge in [-0.05, 0) is 18.2 Å². The molecule has 4 nitrogen and oxygen atoms in total. The second kappa shape index (κ2) is 8.11. The van der Waals surface area contributed by atoms with Gasteiger partial charge in [0.15, 0.2) is 0 Å². The Morgan fingerprint density at radius 2 is 2.00 bits per heavy atom. The van der Waals surface area contributed by atoms with Gasteiger partial charge in [0.1, 0.15) is 12.4 Å². The van der Waals surface area contributed by atoms with Crippen molar-refractivity contribution in [3.05, 3.63) is 55.1 Å². The Labute approximate surface area is 113 Å². The Hall–Kier alpha value is -2.07. The topological polar surface area (TPSA) is 49.8 Å². The number of aromatic carboxylic acids is 1. The highest BCUT2D eigenvalue weighted by atomic mass is 16.5. The Morgan fingerprint density at radius 3 is 2.58 bits per heavy atom. The lowest BCUT2D eigenvalue weighted by molar-refractivity contribution is 0.0696. The zero-order valence-corrected chi connectivity index (χ0v) is 10.9. The molecule has 0 bridgehead atoms. The number of carboxylic acids is 1. The van der Waals surface area contributed by atoms with Crippen LogP contribution in [-0.4, -0.2) is 42.2 Å². The molecule has 0 unspecified atom stereocenters. The van der Waals surface area contributed by atoms with E-state index >= 15 is 0 Å². The molecule has 19 heavy (non-hydrogen) atoms. The quantitative estimate of drug-likeness (QED) is 0.694. The van der Waals surface area contributed by atoms with Crippen LogP contribution in [0.4, 0.5) is 0 Å². The van der Waals surface area contributed by atoms with Crippen molar-refractivity contribution in [2.24, 2.45) is 0 Å². The molecule has 0 aliphatic heterocycles. The van der Waals surface area contributed by atoms with Crippen LogP contribution in [0.25, 0.3) is 0 Å². The van der Waals surface area contributed by atoms with E-state index in [9.17, 15) is 4.79 Å². The molecule has 0 heterocycles. The second-order valence-corrected chi connectivity index (χ2v) is 4.02. The highest BCUT2D eigenvalue weighted by Gasteiger charge is 2.05. The van der Waals surface area contributed by atoms with Crippen molar-refractivity contribution in [3.8, 4) is 5.75 Å². The smallest absolute Gasteiger partial charge is 0.335 e. The molecule has 0 fully saturated rings. The maximum absolute atomic E-state index is 10.8. The fourth-order valence-corrected chi connectivity index (χ4v) is 1.63. The van der Waals surface area contributed by atoms with Crippen molar-refractivity contribution in [2.75, 3.05) is 26.2 Å². The van der Waals surface area contributed by atoms with Crippen LogP contribution in [0.1, 0.15) is 10.4 Å². The Morgan fingerprint density at radius 1 is 1.32 bits per heavy atom. The Balaban J connectivity index is 2.47. The van der Waals surface area contributed by atoms with E-state index in [2.05, 4.69) is 18.1 Å².